The highest BCUT2D eigenvalue weighted by Gasteiger charge is 2.27. The number of benzene rings is 1. The van der Waals surface area contributed by atoms with Gasteiger partial charge in [-0.05, 0) is 31.5 Å². The SMILES string of the molecule is COC(=O)c1c(NC(=O)C[NH+]2CCN(C(=O)c3ccccc3)CC2)sc(C)c1C. The molecule has 1 fully saturated rings. The molecule has 154 valence electrons. The van der Waals surface area contributed by atoms with Crippen molar-refractivity contribution in [3.63, 3.8) is 0 Å². The molecule has 3 rings (SSSR count). The maximum atomic E-state index is 12.5. The van der Waals surface area contributed by atoms with Gasteiger partial charge >= 0.3 is 5.97 Å². The number of hydrogen-bond acceptors (Lipinski definition) is 5. The summed E-state index contributed by atoms with van der Waals surface area (Å²) in [4.78, 5) is 41.0. The minimum atomic E-state index is -0.442. The molecular weight excluding hydrogens is 390 g/mol. The van der Waals surface area contributed by atoms with Crippen molar-refractivity contribution in [2.24, 2.45) is 0 Å². The van der Waals surface area contributed by atoms with Gasteiger partial charge in [-0.15, -0.1) is 11.3 Å². The molecule has 8 heteroatoms. The van der Waals surface area contributed by atoms with Gasteiger partial charge in [-0.2, -0.15) is 0 Å². The molecule has 0 aliphatic carbocycles. The van der Waals surface area contributed by atoms with Crippen molar-refractivity contribution >= 4 is 34.1 Å². The van der Waals surface area contributed by atoms with Crippen molar-refractivity contribution in [3.05, 3.63) is 51.9 Å². The maximum absolute atomic E-state index is 12.5. The van der Waals surface area contributed by atoms with Crippen LogP contribution in [0.5, 0.6) is 0 Å². The topological polar surface area (TPSA) is 80.2 Å². The molecule has 1 saturated heterocycles. The Balaban J connectivity index is 1.55. The molecule has 29 heavy (non-hydrogen) atoms. The highest BCUT2D eigenvalue weighted by molar-refractivity contribution is 7.16. The average Bonchev–Trinajstić information content (AvgIpc) is 3.01. The highest BCUT2D eigenvalue weighted by Crippen LogP contribution is 2.32. The minimum Gasteiger partial charge on any atom is -0.465 e. The molecule has 0 radical (unpaired) electrons. The van der Waals surface area contributed by atoms with Crippen molar-refractivity contribution in [3.8, 4) is 0 Å². The number of methoxy groups -OCH3 is 1. The molecule has 0 unspecified atom stereocenters. The molecule has 1 aliphatic rings. The van der Waals surface area contributed by atoms with Gasteiger partial charge in [0, 0.05) is 10.4 Å². The van der Waals surface area contributed by atoms with E-state index < -0.39 is 5.97 Å². The van der Waals surface area contributed by atoms with E-state index in [1.807, 2.05) is 49.1 Å². The lowest BCUT2D eigenvalue weighted by Gasteiger charge is -2.31. The van der Waals surface area contributed by atoms with Gasteiger partial charge in [0.15, 0.2) is 6.54 Å². The molecule has 7 nitrogen and oxygen atoms in total. The van der Waals surface area contributed by atoms with Crippen LogP contribution in [-0.2, 0) is 9.53 Å². The van der Waals surface area contributed by atoms with Crippen LogP contribution in [0.4, 0.5) is 5.00 Å². The van der Waals surface area contributed by atoms with E-state index in [0.29, 0.717) is 48.9 Å². The van der Waals surface area contributed by atoms with E-state index in [4.69, 9.17) is 4.74 Å². The van der Waals surface area contributed by atoms with Crippen LogP contribution in [-0.4, -0.2) is 62.5 Å². The van der Waals surface area contributed by atoms with E-state index in [1.54, 1.807) is 0 Å². The molecule has 1 aromatic heterocycles. The van der Waals surface area contributed by atoms with Gasteiger partial charge in [0.25, 0.3) is 11.8 Å². The number of esters is 1. The second-order valence-electron chi connectivity index (χ2n) is 7.11. The number of nitrogens with zero attached hydrogens (tertiary/aromatic N) is 1. The minimum absolute atomic E-state index is 0.0290. The molecule has 0 spiro atoms. The number of nitrogens with one attached hydrogen (secondary N) is 2. The zero-order valence-electron chi connectivity index (χ0n) is 16.9. The van der Waals surface area contributed by atoms with Crippen molar-refractivity contribution in [2.75, 3.05) is 45.2 Å². The molecule has 2 heterocycles. The molecule has 2 amide bonds. The van der Waals surface area contributed by atoms with Crippen LogP contribution in [0, 0.1) is 13.8 Å². The predicted molar refractivity (Wildman–Crippen MR) is 112 cm³/mol. The molecule has 2 aromatic rings. The number of quaternary nitrogens is 1. The number of ether oxygens (including phenoxy) is 1. The van der Waals surface area contributed by atoms with E-state index in [0.717, 1.165) is 15.3 Å². The van der Waals surface area contributed by atoms with Gasteiger partial charge in [-0.1, -0.05) is 18.2 Å². The fraction of sp³-hybridized carbons (Fsp3) is 0.381. The lowest BCUT2D eigenvalue weighted by molar-refractivity contribution is -0.895. The first-order valence-corrected chi connectivity index (χ1v) is 10.4. The second-order valence-corrected chi connectivity index (χ2v) is 8.34. The number of amides is 2. The number of hydrogen-bond donors (Lipinski definition) is 2. The fourth-order valence-corrected chi connectivity index (χ4v) is 4.49. The number of carbonyl (C=O) groups is 3. The van der Waals surface area contributed by atoms with E-state index in [-0.39, 0.29) is 11.8 Å². The normalized spacial score (nSPS) is 14.5. The van der Waals surface area contributed by atoms with E-state index in [1.165, 1.54) is 18.4 Å². The van der Waals surface area contributed by atoms with Gasteiger partial charge in [0.05, 0.1) is 38.9 Å². The smallest absolute Gasteiger partial charge is 0.341 e. The van der Waals surface area contributed by atoms with Gasteiger partial charge in [0.2, 0.25) is 0 Å². The summed E-state index contributed by atoms with van der Waals surface area (Å²) in [6.45, 7) is 6.70. The first-order valence-electron chi connectivity index (χ1n) is 9.56. The molecule has 1 aromatic carbocycles. The average molecular weight is 417 g/mol. The van der Waals surface area contributed by atoms with Crippen LogP contribution in [0.3, 0.4) is 0 Å². The van der Waals surface area contributed by atoms with Crippen molar-refractivity contribution in [1.82, 2.24) is 4.90 Å². The largest absolute Gasteiger partial charge is 0.465 e. The van der Waals surface area contributed by atoms with Crippen LogP contribution in [0.2, 0.25) is 0 Å². The first-order chi connectivity index (χ1) is 13.9. The monoisotopic (exact) mass is 416 g/mol. The van der Waals surface area contributed by atoms with Crippen LogP contribution in [0.25, 0.3) is 0 Å². The number of carbonyl (C=O) groups excluding carboxylic acids is 3. The summed E-state index contributed by atoms with van der Waals surface area (Å²) in [7, 11) is 1.33. The molecule has 2 N–H and O–H groups in total. The number of piperazine rings is 1. The maximum Gasteiger partial charge on any atom is 0.341 e. The van der Waals surface area contributed by atoms with Crippen molar-refractivity contribution in [2.45, 2.75) is 13.8 Å². The molecule has 0 saturated carbocycles. The number of anilines is 1. The summed E-state index contributed by atoms with van der Waals surface area (Å²) in [5, 5.41) is 3.41. The molecular formula is C21H26N3O4S+. The van der Waals surface area contributed by atoms with Gasteiger partial charge in [-0.3, -0.25) is 9.59 Å². The van der Waals surface area contributed by atoms with Gasteiger partial charge in [0.1, 0.15) is 5.00 Å². The Kier molecular flexibility index (Phi) is 6.66. The Morgan fingerprint density at radius 2 is 1.79 bits per heavy atom. The Morgan fingerprint density at radius 3 is 2.41 bits per heavy atom. The summed E-state index contributed by atoms with van der Waals surface area (Å²) in [5.74, 6) is -0.557. The Bertz CT molecular complexity index is 902. The predicted octanol–water partition coefficient (Wildman–Crippen LogP) is 1.13. The van der Waals surface area contributed by atoms with Crippen molar-refractivity contribution < 1.29 is 24.0 Å². The van der Waals surface area contributed by atoms with Gasteiger partial charge < -0.3 is 19.9 Å². The van der Waals surface area contributed by atoms with E-state index in [2.05, 4.69) is 5.32 Å². The Hall–Kier alpha value is -2.71. The highest BCUT2D eigenvalue weighted by atomic mass is 32.1. The third-order valence-electron chi connectivity index (χ3n) is 5.22. The summed E-state index contributed by atoms with van der Waals surface area (Å²) >= 11 is 1.38. The summed E-state index contributed by atoms with van der Waals surface area (Å²) in [6, 6.07) is 9.24. The number of thiophene rings is 1. The Labute approximate surface area is 174 Å². The first kappa shape index (κ1) is 21.0. The lowest BCUT2D eigenvalue weighted by Crippen LogP contribution is -3.15. The number of aryl methyl sites for hydroxylation is 1. The quantitative estimate of drug-likeness (QED) is 0.717. The number of rotatable bonds is 5. The molecule has 0 bridgehead atoms. The van der Waals surface area contributed by atoms with Crippen LogP contribution in [0.15, 0.2) is 30.3 Å². The third-order valence-corrected chi connectivity index (χ3v) is 6.34. The van der Waals surface area contributed by atoms with Crippen LogP contribution >= 0.6 is 11.3 Å². The summed E-state index contributed by atoms with van der Waals surface area (Å²) in [6.07, 6.45) is 0. The Morgan fingerprint density at radius 1 is 1.14 bits per heavy atom. The van der Waals surface area contributed by atoms with Gasteiger partial charge in [-0.25, -0.2) is 4.79 Å². The van der Waals surface area contributed by atoms with Crippen molar-refractivity contribution in [1.29, 1.82) is 0 Å². The molecule has 0 atom stereocenters. The van der Waals surface area contributed by atoms with Crippen LogP contribution < -0.4 is 10.2 Å². The van der Waals surface area contributed by atoms with E-state index >= 15 is 0 Å². The zero-order valence-corrected chi connectivity index (χ0v) is 17.7. The lowest BCUT2D eigenvalue weighted by atomic mass is 10.1. The van der Waals surface area contributed by atoms with Crippen LogP contribution in [0.1, 0.15) is 31.2 Å². The summed E-state index contributed by atoms with van der Waals surface area (Å²) < 4.78 is 4.85. The third kappa shape index (κ3) is 4.83. The fourth-order valence-electron chi connectivity index (χ4n) is 3.43. The second kappa shape index (κ2) is 9.19. The standard InChI is InChI=1S/C21H25N3O4S/c1-14-15(2)29-19(18(14)21(27)28-3)22-17(25)13-23-9-11-24(12-10-23)20(26)16-7-5-4-6-8-16/h4-8H,9-13H2,1-3H3,(H,22,25)/p+1. The summed E-state index contributed by atoms with van der Waals surface area (Å²) in [5.41, 5.74) is 1.95. The zero-order chi connectivity index (χ0) is 21.0. The molecule has 1 aliphatic heterocycles. The van der Waals surface area contributed by atoms with E-state index in [9.17, 15) is 14.4 Å².